The second-order valence-corrected chi connectivity index (χ2v) is 5.24. The molecular weight excluding hydrogens is 294 g/mol. The number of ether oxygens (including phenoxy) is 1. The molecule has 100 valence electrons. The highest BCUT2D eigenvalue weighted by Crippen LogP contribution is 2.26. The summed E-state index contributed by atoms with van der Waals surface area (Å²) in [5.74, 6) is 1.47. The molecular formula is C13H20BrN3O. The third-order valence-corrected chi connectivity index (χ3v) is 3.61. The van der Waals surface area contributed by atoms with Gasteiger partial charge in [-0.2, -0.15) is 4.98 Å². The number of rotatable bonds is 6. The van der Waals surface area contributed by atoms with Crippen LogP contribution in [-0.2, 0) is 0 Å². The molecule has 0 spiro atoms. The number of anilines is 1. The first-order valence-electron chi connectivity index (χ1n) is 6.63. The van der Waals surface area contributed by atoms with Crippen LogP contribution in [0.4, 0.5) is 5.95 Å². The summed E-state index contributed by atoms with van der Waals surface area (Å²) in [5, 5.41) is 0.936. The molecule has 1 saturated carbocycles. The van der Waals surface area contributed by atoms with E-state index < -0.39 is 0 Å². The number of alkyl halides is 1. The molecule has 4 nitrogen and oxygen atoms in total. The summed E-state index contributed by atoms with van der Waals surface area (Å²) >= 11 is 3.52. The van der Waals surface area contributed by atoms with Crippen molar-refractivity contribution >= 4 is 21.9 Å². The molecule has 1 fully saturated rings. The Balaban J connectivity index is 2.15. The minimum absolute atomic E-state index is 0.583. The summed E-state index contributed by atoms with van der Waals surface area (Å²) in [6, 6.07) is 2.40. The fourth-order valence-corrected chi connectivity index (χ4v) is 2.83. The molecule has 1 aromatic rings. The summed E-state index contributed by atoms with van der Waals surface area (Å²) in [5.41, 5.74) is 0. The Morgan fingerprint density at radius 1 is 1.44 bits per heavy atom. The Morgan fingerprint density at radius 3 is 2.89 bits per heavy atom. The molecule has 0 aromatic carbocycles. The first-order chi connectivity index (χ1) is 8.85. The smallest absolute Gasteiger partial charge is 0.228 e. The highest BCUT2D eigenvalue weighted by atomic mass is 79.9. The van der Waals surface area contributed by atoms with E-state index >= 15 is 0 Å². The van der Waals surface area contributed by atoms with E-state index in [1.54, 1.807) is 6.20 Å². The van der Waals surface area contributed by atoms with Gasteiger partial charge in [-0.25, -0.2) is 4.98 Å². The highest BCUT2D eigenvalue weighted by Gasteiger charge is 2.24. The maximum atomic E-state index is 5.45. The van der Waals surface area contributed by atoms with Crippen molar-refractivity contribution < 1.29 is 4.74 Å². The summed E-state index contributed by atoms with van der Waals surface area (Å²) < 4.78 is 5.45. The Kier molecular flexibility index (Phi) is 5.23. The van der Waals surface area contributed by atoms with Gasteiger partial charge in [0.1, 0.15) is 0 Å². The van der Waals surface area contributed by atoms with Crippen LogP contribution in [0.1, 0.15) is 32.6 Å². The average Bonchev–Trinajstić information content (AvgIpc) is 2.90. The molecule has 0 N–H and O–H groups in total. The Morgan fingerprint density at radius 2 is 2.22 bits per heavy atom. The summed E-state index contributed by atoms with van der Waals surface area (Å²) in [4.78, 5) is 11.2. The van der Waals surface area contributed by atoms with E-state index in [0.717, 1.165) is 17.8 Å². The molecule has 5 heteroatoms. The molecule has 1 heterocycles. The van der Waals surface area contributed by atoms with E-state index in [4.69, 9.17) is 4.74 Å². The van der Waals surface area contributed by atoms with E-state index in [1.165, 1.54) is 25.7 Å². The van der Waals surface area contributed by atoms with Gasteiger partial charge < -0.3 is 9.64 Å². The molecule has 18 heavy (non-hydrogen) atoms. The molecule has 1 aromatic heterocycles. The Bertz CT molecular complexity index is 369. The number of aromatic nitrogens is 2. The Labute approximate surface area is 117 Å². The fourth-order valence-electron chi connectivity index (χ4n) is 2.45. The van der Waals surface area contributed by atoms with Crippen molar-refractivity contribution in [3.8, 4) is 5.88 Å². The zero-order chi connectivity index (χ0) is 12.8. The lowest BCUT2D eigenvalue weighted by Gasteiger charge is -2.28. The zero-order valence-electron chi connectivity index (χ0n) is 10.8. The minimum Gasteiger partial charge on any atom is -0.478 e. The molecule has 0 saturated heterocycles. The maximum Gasteiger partial charge on any atom is 0.228 e. The van der Waals surface area contributed by atoms with Crippen molar-refractivity contribution in [2.75, 3.05) is 23.4 Å². The van der Waals surface area contributed by atoms with Gasteiger partial charge in [0.05, 0.1) is 6.61 Å². The first-order valence-corrected chi connectivity index (χ1v) is 7.75. The van der Waals surface area contributed by atoms with Crippen molar-refractivity contribution in [2.45, 2.75) is 38.6 Å². The quantitative estimate of drug-likeness (QED) is 0.757. The van der Waals surface area contributed by atoms with Gasteiger partial charge in [0.25, 0.3) is 0 Å². The van der Waals surface area contributed by atoms with Crippen LogP contribution in [0.25, 0.3) is 0 Å². The number of hydrogen-bond acceptors (Lipinski definition) is 4. The maximum absolute atomic E-state index is 5.45. The standard InChI is InChI=1S/C13H20BrN3O/c1-2-18-12-7-9-15-13(16-12)17(10-8-14)11-5-3-4-6-11/h7,9,11H,2-6,8,10H2,1H3. The van der Waals surface area contributed by atoms with Gasteiger partial charge in [0.15, 0.2) is 0 Å². The molecule has 0 amide bonds. The highest BCUT2D eigenvalue weighted by molar-refractivity contribution is 9.09. The van der Waals surface area contributed by atoms with E-state index in [2.05, 4.69) is 30.8 Å². The van der Waals surface area contributed by atoms with Gasteiger partial charge in [-0.1, -0.05) is 28.8 Å². The first kappa shape index (κ1) is 13.6. The van der Waals surface area contributed by atoms with Crippen LogP contribution in [0.5, 0.6) is 5.88 Å². The predicted molar refractivity (Wildman–Crippen MR) is 76.6 cm³/mol. The number of nitrogens with zero attached hydrogens (tertiary/aromatic N) is 3. The molecule has 1 aliphatic carbocycles. The predicted octanol–water partition coefficient (Wildman–Crippen LogP) is 3.02. The van der Waals surface area contributed by atoms with Gasteiger partial charge in [-0.05, 0) is 19.8 Å². The van der Waals surface area contributed by atoms with E-state index in [1.807, 2.05) is 13.0 Å². The third kappa shape index (κ3) is 3.34. The molecule has 0 unspecified atom stereocenters. The molecule has 0 bridgehead atoms. The van der Waals surface area contributed by atoms with Crippen molar-refractivity contribution in [3.05, 3.63) is 12.3 Å². The second kappa shape index (κ2) is 6.92. The van der Waals surface area contributed by atoms with Crippen LogP contribution >= 0.6 is 15.9 Å². The Hall–Kier alpha value is -0.840. The van der Waals surface area contributed by atoms with Gasteiger partial charge in [0.2, 0.25) is 11.8 Å². The lowest BCUT2D eigenvalue weighted by molar-refractivity contribution is 0.326. The average molecular weight is 314 g/mol. The SMILES string of the molecule is CCOc1ccnc(N(CCBr)C2CCCC2)n1. The molecule has 0 aliphatic heterocycles. The van der Waals surface area contributed by atoms with Crippen LogP contribution in [0.15, 0.2) is 12.3 Å². The van der Waals surface area contributed by atoms with Crippen LogP contribution < -0.4 is 9.64 Å². The summed E-state index contributed by atoms with van der Waals surface area (Å²) in [7, 11) is 0. The fraction of sp³-hybridized carbons (Fsp3) is 0.692. The van der Waals surface area contributed by atoms with Crippen LogP contribution in [0.2, 0.25) is 0 Å². The van der Waals surface area contributed by atoms with Crippen LogP contribution in [0, 0.1) is 0 Å². The van der Waals surface area contributed by atoms with Crippen molar-refractivity contribution in [1.82, 2.24) is 9.97 Å². The van der Waals surface area contributed by atoms with Crippen molar-refractivity contribution in [3.63, 3.8) is 0 Å². The normalized spacial score (nSPS) is 15.9. The van der Waals surface area contributed by atoms with Crippen molar-refractivity contribution in [2.24, 2.45) is 0 Å². The van der Waals surface area contributed by atoms with Crippen LogP contribution in [-0.4, -0.2) is 34.5 Å². The largest absolute Gasteiger partial charge is 0.478 e. The zero-order valence-corrected chi connectivity index (χ0v) is 12.4. The second-order valence-electron chi connectivity index (χ2n) is 4.45. The van der Waals surface area contributed by atoms with Crippen LogP contribution in [0.3, 0.4) is 0 Å². The number of hydrogen-bond donors (Lipinski definition) is 0. The summed E-state index contributed by atoms with van der Waals surface area (Å²) in [6.07, 6.45) is 6.90. The third-order valence-electron chi connectivity index (χ3n) is 3.26. The van der Waals surface area contributed by atoms with E-state index in [-0.39, 0.29) is 0 Å². The van der Waals surface area contributed by atoms with Crippen molar-refractivity contribution in [1.29, 1.82) is 0 Å². The van der Waals surface area contributed by atoms with Gasteiger partial charge in [-0.15, -0.1) is 0 Å². The van der Waals surface area contributed by atoms with E-state index in [9.17, 15) is 0 Å². The molecule has 0 radical (unpaired) electrons. The molecule has 1 aliphatic rings. The monoisotopic (exact) mass is 313 g/mol. The van der Waals surface area contributed by atoms with Gasteiger partial charge >= 0.3 is 0 Å². The van der Waals surface area contributed by atoms with E-state index in [0.29, 0.717) is 18.5 Å². The molecule has 2 rings (SSSR count). The minimum atomic E-state index is 0.583. The number of halogens is 1. The lowest BCUT2D eigenvalue weighted by Crippen LogP contribution is -2.36. The van der Waals surface area contributed by atoms with Gasteiger partial charge in [0, 0.05) is 30.2 Å². The molecule has 0 atom stereocenters. The van der Waals surface area contributed by atoms with Gasteiger partial charge in [-0.3, -0.25) is 0 Å². The lowest BCUT2D eigenvalue weighted by atomic mass is 10.2. The topological polar surface area (TPSA) is 38.2 Å². The summed E-state index contributed by atoms with van der Waals surface area (Å²) in [6.45, 7) is 3.55.